The minimum Gasteiger partial charge on any atom is -0.384 e. The SMILES string of the molecule is CCc1nc(-c2ccccc2)n(C(C)C)c1N. The molecule has 2 rings (SSSR count). The number of hydrogen-bond acceptors (Lipinski definition) is 2. The Hall–Kier alpha value is -1.77. The van der Waals surface area contributed by atoms with Crippen LogP contribution in [0.3, 0.4) is 0 Å². The lowest BCUT2D eigenvalue weighted by molar-refractivity contribution is 0.614. The van der Waals surface area contributed by atoms with Crippen molar-refractivity contribution in [2.75, 3.05) is 5.73 Å². The first kappa shape index (κ1) is 11.7. The molecule has 3 nitrogen and oxygen atoms in total. The summed E-state index contributed by atoms with van der Waals surface area (Å²) in [4.78, 5) is 4.66. The maximum absolute atomic E-state index is 6.15. The third-order valence-corrected chi connectivity index (χ3v) is 2.91. The van der Waals surface area contributed by atoms with Crippen molar-refractivity contribution >= 4 is 5.82 Å². The first-order valence-corrected chi connectivity index (χ1v) is 6.07. The zero-order valence-corrected chi connectivity index (χ0v) is 10.6. The zero-order chi connectivity index (χ0) is 12.4. The van der Waals surface area contributed by atoms with Crippen LogP contribution in [0.15, 0.2) is 30.3 Å². The van der Waals surface area contributed by atoms with Crippen molar-refractivity contribution < 1.29 is 0 Å². The lowest BCUT2D eigenvalue weighted by atomic mass is 10.2. The molecule has 0 bridgehead atoms. The van der Waals surface area contributed by atoms with Crippen LogP contribution >= 0.6 is 0 Å². The number of nitrogen functional groups attached to an aromatic ring is 1. The van der Waals surface area contributed by atoms with Crippen LogP contribution in [0.5, 0.6) is 0 Å². The van der Waals surface area contributed by atoms with E-state index in [2.05, 4.69) is 42.5 Å². The predicted octanol–water partition coefficient (Wildman–Crippen LogP) is 3.28. The van der Waals surface area contributed by atoms with Gasteiger partial charge in [0.1, 0.15) is 11.6 Å². The molecule has 0 radical (unpaired) electrons. The molecule has 1 heterocycles. The number of aromatic nitrogens is 2. The third kappa shape index (κ3) is 2.05. The van der Waals surface area contributed by atoms with Crippen LogP contribution < -0.4 is 5.73 Å². The highest BCUT2D eigenvalue weighted by atomic mass is 15.2. The monoisotopic (exact) mass is 229 g/mol. The number of rotatable bonds is 3. The molecule has 0 spiro atoms. The van der Waals surface area contributed by atoms with Gasteiger partial charge in [-0.15, -0.1) is 0 Å². The van der Waals surface area contributed by atoms with E-state index >= 15 is 0 Å². The Labute approximate surface area is 102 Å². The van der Waals surface area contributed by atoms with Crippen molar-refractivity contribution in [2.24, 2.45) is 0 Å². The predicted molar refractivity (Wildman–Crippen MR) is 71.8 cm³/mol. The van der Waals surface area contributed by atoms with Crippen molar-refractivity contribution in [1.29, 1.82) is 0 Å². The van der Waals surface area contributed by atoms with E-state index < -0.39 is 0 Å². The smallest absolute Gasteiger partial charge is 0.142 e. The number of aryl methyl sites for hydroxylation is 1. The van der Waals surface area contributed by atoms with Crippen LogP contribution in [-0.4, -0.2) is 9.55 Å². The van der Waals surface area contributed by atoms with Crippen LogP contribution in [0.25, 0.3) is 11.4 Å². The Morgan fingerprint density at radius 1 is 1.24 bits per heavy atom. The highest BCUT2D eigenvalue weighted by molar-refractivity contribution is 5.60. The summed E-state index contributed by atoms with van der Waals surface area (Å²) in [5.74, 6) is 1.76. The Morgan fingerprint density at radius 2 is 1.88 bits per heavy atom. The molecule has 0 unspecified atom stereocenters. The van der Waals surface area contributed by atoms with E-state index in [1.807, 2.05) is 18.2 Å². The van der Waals surface area contributed by atoms with Crippen molar-refractivity contribution in [3.63, 3.8) is 0 Å². The van der Waals surface area contributed by atoms with Gasteiger partial charge < -0.3 is 10.3 Å². The van der Waals surface area contributed by atoms with Gasteiger partial charge in [-0.05, 0) is 20.3 Å². The number of nitrogens with zero attached hydrogens (tertiary/aromatic N) is 2. The van der Waals surface area contributed by atoms with E-state index in [1.165, 1.54) is 0 Å². The summed E-state index contributed by atoms with van der Waals surface area (Å²) in [7, 11) is 0. The Balaban J connectivity index is 2.61. The molecule has 2 aromatic rings. The molecule has 0 aliphatic rings. The quantitative estimate of drug-likeness (QED) is 0.877. The van der Waals surface area contributed by atoms with Crippen molar-refractivity contribution in [3.8, 4) is 11.4 Å². The molecule has 90 valence electrons. The lowest BCUT2D eigenvalue weighted by Crippen LogP contribution is -2.07. The number of nitrogens with two attached hydrogens (primary N) is 1. The molecule has 0 aliphatic heterocycles. The van der Waals surface area contributed by atoms with Gasteiger partial charge in [0.15, 0.2) is 0 Å². The fourth-order valence-electron chi connectivity index (χ4n) is 2.07. The minimum absolute atomic E-state index is 0.318. The molecule has 0 aliphatic carbocycles. The second kappa shape index (κ2) is 4.62. The number of imidazole rings is 1. The molecule has 0 atom stereocenters. The van der Waals surface area contributed by atoms with Crippen LogP contribution in [0, 0.1) is 0 Å². The Morgan fingerprint density at radius 3 is 2.41 bits per heavy atom. The third-order valence-electron chi connectivity index (χ3n) is 2.91. The molecule has 0 fully saturated rings. The number of anilines is 1. The fraction of sp³-hybridized carbons (Fsp3) is 0.357. The fourth-order valence-corrected chi connectivity index (χ4v) is 2.07. The molecule has 3 heteroatoms. The second-order valence-corrected chi connectivity index (χ2v) is 4.45. The summed E-state index contributed by atoms with van der Waals surface area (Å²) in [5.41, 5.74) is 8.26. The molecule has 0 saturated heterocycles. The highest BCUT2D eigenvalue weighted by Gasteiger charge is 2.16. The molecule has 0 amide bonds. The van der Waals surface area contributed by atoms with Crippen molar-refractivity contribution in [1.82, 2.24) is 9.55 Å². The molecular formula is C14H19N3. The summed E-state index contributed by atoms with van der Waals surface area (Å²) in [6.45, 7) is 6.34. The lowest BCUT2D eigenvalue weighted by Gasteiger charge is -2.13. The van der Waals surface area contributed by atoms with Gasteiger partial charge in [-0.2, -0.15) is 0 Å². The van der Waals surface area contributed by atoms with Crippen LogP contribution in [0.1, 0.15) is 32.5 Å². The Kier molecular flexibility index (Phi) is 3.18. The summed E-state index contributed by atoms with van der Waals surface area (Å²) in [5, 5.41) is 0. The minimum atomic E-state index is 0.318. The zero-order valence-electron chi connectivity index (χ0n) is 10.6. The molecule has 0 saturated carbocycles. The first-order chi connectivity index (χ1) is 8.15. The van der Waals surface area contributed by atoms with E-state index in [1.54, 1.807) is 0 Å². The van der Waals surface area contributed by atoms with Crippen LogP contribution in [0.4, 0.5) is 5.82 Å². The van der Waals surface area contributed by atoms with E-state index in [-0.39, 0.29) is 0 Å². The number of hydrogen-bond donors (Lipinski definition) is 1. The first-order valence-electron chi connectivity index (χ1n) is 6.07. The highest BCUT2D eigenvalue weighted by Crippen LogP contribution is 2.28. The average molecular weight is 229 g/mol. The Bertz CT molecular complexity index is 498. The van der Waals surface area contributed by atoms with Gasteiger partial charge in [-0.3, -0.25) is 0 Å². The maximum Gasteiger partial charge on any atom is 0.142 e. The second-order valence-electron chi connectivity index (χ2n) is 4.45. The topological polar surface area (TPSA) is 43.8 Å². The van der Waals surface area contributed by atoms with E-state index in [4.69, 9.17) is 5.73 Å². The molecule has 17 heavy (non-hydrogen) atoms. The normalized spacial score (nSPS) is 11.1. The van der Waals surface area contributed by atoms with Crippen LogP contribution in [0.2, 0.25) is 0 Å². The largest absolute Gasteiger partial charge is 0.384 e. The van der Waals surface area contributed by atoms with Gasteiger partial charge in [-0.25, -0.2) is 4.98 Å². The average Bonchev–Trinajstić information content (AvgIpc) is 2.67. The van der Waals surface area contributed by atoms with E-state index in [9.17, 15) is 0 Å². The van der Waals surface area contributed by atoms with E-state index in [0.717, 1.165) is 29.3 Å². The molecule has 1 aromatic heterocycles. The summed E-state index contributed by atoms with van der Waals surface area (Å²) < 4.78 is 2.11. The van der Waals surface area contributed by atoms with Crippen molar-refractivity contribution in [3.05, 3.63) is 36.0 Å². The molecule has 1 aromatic carbocycles. The molecular weight excluding hydrogens is 210 g/mol. The van der Waals surface area contributed by atoms with Gasteiger partial charge in [-0.1, -0.05) is 37.3 Å². The summed E-state index contributed by atoms with van der Waals surface area (Å²) in [6, 6.07) is 10.5. The van der Waals surface area contributed by atoms with Crippen LogP contribution in [-0.2, 0) is 6.42 Å². The summed E-state index contributed by atoms with van der Waals surface area (Å²) >= 11 is 0. The van der Waals surface area contributed by atoms with Gasteiger partial charge >= 0.3 is 0 Å². The van der Waals surface area contributed by atoms with E-state index in [0.29, 0.717) is 6.04 Å². The van der Waals surface area contributed by atoms with Gasteiger partial charge in [0.25, 0.3) is 0 Å². The standard InChI is InChI=1S/C14H19N3/c1-4-12-13(15)17(10(2)3)14(16-12)11-8-6-5-7-9-11/h5-10H,4,15H2,1-3H3. The molecule has 2 N–H and O–H groups in total. The maximum atomic E-state index is 6.15. The van der Waals surface area contributed by atoms with Gasteiger partial charge in [0.05, 0.1) is 5.69 Å². The van der Waals surface area contributed by atoms with Crippen molar-refractivity contribution in [2.45, 2.75) is 33.2 Å². The number of benzene rings is 1. The summed E-state index contributed by atoms with van der Waals surface area (Å²) in [6.07, 6.45) is 0.866. The van der Waals surface area contributed by atoms with Gasteiger partial charge in [0, 0.05) is 11.6 Å². The van der Waals surface area contributed by atoms with Gasteiger partial charge in [0.2, 0.25) is 0 Å².